The summed E-state index contributed by atoms with van der Waals surface area (Å²) in [5.41, 5.74) is 0.0550. The Labute approximate surface area is 139 Å². The number of hydrogen-bond acceptors (Lipinski definition) is 2. The van der Waals surface area contributed by atoms with Crippen molar-refractivity contribution in [3.8, 4) is 5.75 Å². The van der Waals surface area contributed by atoms with Crippen LogP contribution >= 0.6 is 31.9 Å². The van der Waals surface area contributed by atoms with Gasteiger partial charge >= 0.3 is 7.47 Å². The molecule has 21 heavy (non-hydrogen) atoms. The molecule has 2 rings (SSSR count). The number of hydrogen-bond donors (Lipinski definition) is 0. The summed E-state index contributed by atoms with van der Waals surface area (Å²) in [7, 11) is -3.01. The Bertz CT molecular complexity index is 558. The van der Waals surface area contributed by atoms with Gasteiger partial charge in [-0.15, -0.1) is 0 Å². The van der Waals surface area contributed by atoms with Gasteiger partial charge in [0.15, 0.2) is 5.78 Å². The van der Waals surface area contributed by atoms with E-state index in [2.05, 4.69) is 36.5 Å². The van der Waals surface area contributed by atoms with Crippen LogP contribution in [0.3, 0.4) is 0 Å². The van der Waals surface area contributed by atoms with Gasteiger partial charge in [0, 0.05) is 10.4 Å². The largest absolute Gasteiger partial charge is 0.796 e. The van der Waals surface area contributed by atoms with Gasteiger partial charge in [0.05, 0.1) is 10.0 Å². The second kappa shape index (κ2) is 7.54. The molecule has 1 aliphatic carbocycles. The first-order valence-corrected chi connectivity index (χ1v) is 7.44. The Kier molecular flexibility index (Phi) is 5.99. The molecular weight excluding hydrogens is 409 g/mol. The van der Waals surface area contributed by atoms with Crippen LogP contribution in [0.15, 0.2) is 33.2 Å². The highest BCUT2D eigenvalue weighted by Gasteiger charge is 2.24. The molecule has 0 bridgehead atoms. The van der Waals surface area contributed by atoms with Crippen molar-refractivity contribution in [2.24, 2.45) is 0 Å². The van der Waals surface area contributed by atoms with Gasteiger partial charge in [-0.3, -0.25) is 4.79 Å². The first-order valence-electron chi connectivity index (χ1n) is 5.85. The monoisotopic (exact) mass is 415 g/mol. The molecule has 7 heteroatoms. The van der Waals surface area contributed by atoms with Crippen LogP contribution in [0.5, 0.6) is 5.75 Å². The number of ketones is 1. The Morgan fingerprint density at radius 1 is 1.19 bits per heavy atom. The zero-order chi connectivity index (χ0) is 15.4. The fraction of sp³-hybridized carbons (Fsp3) is 0. The first kappa shape index (κ1) is 16.7. The minimum atomic E-state index is -3.01. The molecule has 0 atom stereocenters. The minimum absolute atomic E-state index is 0.0550. The van der Waals surface area contributed by atoms with E-state index in [1.807, 2.05) is 25.7 Å². The third-order valence-corrected chi connectivity index (χ3v) is 3.64. The van der Waals surface area contributed by atoms with Gasteiger partial charge in [0.1, 0.15) is 5.75 Å². The SMILES string of the molecule is O=C(/C=C/[C]1[CH][CH][CH][CH]1)c1cc(Br)cc(Br)c1OB(F)F. The van der Waals surface area contributed by atoms with E-state index >= 15 is 0 Å². The van der Waals surface area contributed by atoms with Crippen molar-refractivity contribution in [1.29, 1.82) is 0 Å². The topological polar surface area (TPSA) is 26.3 Å². The summed E-state index contributed by atoms with van der Waals surface area (Å²) < 4.78 is 30.2. The Morgan fingerprint density at radius 3 is 2.48 bits per heavy atom. The highest BCUT2D eigenvalue weighted by atomic mass is 79.9. The van der Waals surface area contributed by atoms with Crippen LogP contribution < -0.4 is 4.65 Å². The van der Waals surface area contributed by atoms with Gasteiger partial charge in [0.25, 0.3) is 0 Å². The van der Waals surface area contributed by atoms with Gasteiger partial charge < -0.3 is 4.65 Å². The van der Waals surface area contributed by atoms with E-state index in [-0.39, 0.29) is 15.8 Å². The normalized spacial score (nSPS) is 15.6. The van der Waals surface area contributed by atoms with E-state index in [0.29, 0.717) is 4.47 Å². The fourth-order valence-electron chi connectivity index (χ4n) is 1.71. The summed E-state index contributed by atoms with van der Waals surface area (Å²) in [4.78, 5) is 12.2. The van der Waals surface area contributed by atoms with Crippen molar-refractivity contribution >= 4 is 45.1 Å². The molecule has 0 amide bonds. The molecule has 0 N–H and O–H groups in total. The van der Waals surface area contributed by atoms with Crippen molar-refractivity contribution in [1.82, 2.24) is 0 Å². The molecule has 1 aromatic rings. The summed E-state index contributed by atoms with van der Waals surface area (Å²) in [6.45, 7) is 0. The van der Waals surface area contributed by atoms with Crippen molar-refractivity contribution in [2.75, 3.05) is 0 Å². The van der Waals surface area contributed by atoms with Crippen molar-refractivity contribution in [3.05, 3.63) is 70.4 Å². The summed E-state index contributed by atoms with van der Waals surface area (Å²) in [6, 6.07) is 2.98. The lowest BCUT2D eigenvalue weighted by Crippen LogP contribution is -2.12. The number of allylic oxidation sites excluding steroid dienone is 2. The number of rotatable bonds is 5. The molecule has 0 heterocycles. The number of halogens is 4. The van der Waals surface area contributed by atoms with E-state index < -0.39 is 13.3 Å². The predicted molar refractivity (Wildman–Crippen MR) is 84.4 cm³/mol. The number of carbonyl (C=O) groups is 1. The van der Waals surface area contributed by atoms with E-state index in [1.165, 1.54) is 18.2 Å². The molecule has 2 nitrogen and oxygen atoms in total. The molecular formula is C14H8BBr2F2O2. The highest BCUT2D eigenvalue weighted by Crippen LogP contribution is 2.34. The van der Waals surface area contributed by atoms with Crippen LogP contribution in [0.2, 0.25) is 0 Å². The summed E-state index contributed by atoms with van der Waals surface area (Å²) >= 11 is 6.34. The molecule has 5 radical (unpaired) electrons. The molecule has 0 saturated heterocycles. The number of carbonyl (C=O) groups excluding carboxylic acids is 1. The standard InChI is InChI=1S/C14H8BBr2F2O2/c16-10-7-11(14(12(17)8-10)21-15(18)19)13(20)6-5-9-3-1-2-4-9/h1-8H/b6-5+. The minimum Gasteiger partial charge on any atom is -0.504 e. The van der Waals surface area contributed by atoms with Gasteiger partial charge in [-0.05, 0) is 59.8 Å². The first-order chi connectivity index (χ1) is 9.97. The van der Waals surface area contributed by atoms with Crippen LogP contribution in [0.1, 0.15) is 10.4 Å². The van der Waals surface area contributed by atoms with Crippen LogP contribution in [0.4, 0.5) is 8.63 Å². The lowest BCUT2D eigenvalue weighted by molar-refractivity contribution is 0.104. The third-order valence-electron chi connectivity index (χ3n) is 2.60. The van der Waals surface area contributed by atoms with Gasteiger partial charge in [0.2, 0.25) is 0 Å². The second-order valence-electron chi connectivity index (χ2n) is 4.06. The average Bonchev–Trinajstić information content (AvgIpc) is 2.91. The quantitative estimate of drug-likeness (QED) is 0.396. The maximum atomic E-state index is 12.5. The molecule has 107 valence electrons. The van der Waals surface area contributed by atoms with E-state index in [9.17, 15) is 13.4 Å². The Hall–Kier alpha value is -0.685. The fourth-order valence-corrected chi connectivity index (χ4v) is 3.03. The molecule has 0 aromatic heterocycles. The summed E-state index contributed by atoms with van der Waals surface area (Å²) in [5.74, 6) is 0.257. The summed E-state index contributed by atoms with van der Waals surface area (Å²) in [5, 5.41) is 0. The highest BCUT2D eigenvalue weighted by molar-refractivity contribution is 9.11. The zero-order valence-electron chi connectivity index (χ0n) is 10.5. The van der Waals surface area contributed by atoms with Crippen molar-refractivity contribution < 1.29 is 18.1 Å². The van der Waals surface area contributed by atoms with Gasteiger partial charge in [-0.2, -0.15) is 0 Å². The van der Waals surface area contributed by atoms with E-state index in [4.69, 9.17) is 0 Å². The molecule has 1 aliphatic rings. The molecule has 0 aliphatic heterocycles. The molecule has 1 aromatic carbocycles. The molecule has 0 spiro atoms. The van der Waals surface area contributed by atoms with E-state index in [0.717, 1.165) is 5.92 Å². The lowest BCUT2D eigenvalue weighted by Gasteiger charge is -2.11. The average molecular weight is 417 g/mol. The Balaban J connectivity index is 2.25. The third kappa shape index (κ3) is 4.64. The van der Waals surface area contributed by atoms with E-state index in [1.54, 1.807) is 6.08 Å². The van der Waals surface area contributed by atoms with Crippen LogP contribution in [0, 0.1) is 31.6 Å². The summed E-state index contributed by atoms with van der Waals surface area (Å²) in [6.07, 6.45) is 10.3. The predicted octanol–water partition coefficient (Wildman–Crippen LogP) is 4.66. The molecule has 1 fully saturated rings. The van der Waals surface area contributed by atoms with Crippen molar-refractivity contribution in [2.45, 2.75) is 0 Å². The lowest BCUT2D eigenvalue weighted by atomic mass is 10.0. The second-order valence-corrected chi connectivity index (χ2v) is 5.83. The van der Waals surface area contributed by atoms with Gasteiger partial charge in [-0.25, -0.2) is 8.63 Å². The zero-order valence-corrected chi connectivity index (χ0v) is 13.7. The molecule has 0 unspecified atom stereocenters. The maximum absolute atomic E-state index is 12.5. The van der Waals surface area contributed by atoms with Crippen LogP contribution in [0.25, 0.3) is 0 Å². The smallest absolute Gasteiger partial charge is 0.504 e. The molecule has 1 saturated carbocycles. The van der Waals surface area contributed by atoms with Crippen LogP contribution in [-0.4, -0.2) is 13.3 Å². The Morgan fingerprint density at radius 2 is 1.86 bits per heavy atom. The van der Waals surface area contributed by atoms with Gasteiger partial charge in [-0.1, -0.05) is 22.0 Å². The van der Waals surface area contributed by atoms with Crippen LogP contribution in [-0.2, 0) is 0 Å². The number of benzene rings is 1. The van der Waals surface area contributed by atoms with Crippen molar-refractivity contribution in [3.63, 3.8) is 0 Å². The maximum Gasteiger partial charge on any atom is 0.796 e.